The molecule has 0 unspecified atom stereocenters. The molecule has 1 heterocycles. The number of rotatable bonds is 3. The minimum atomic E-state index is -0.491. The highest BCUT2D eigenvalue weighted by molar-refractivity contribution is 9.10. The quantitative estimate of drug-likeness (QED) is 0.232. The third-order valence-corrected chi connectivity index (χ3v) is 5.66. The normalized spacial score (nSPS) is 13.9. The molecule has 4 nitrogen and oxygen atoms in total. The number of carbonyl (C=O) groups is 2. The van der Waals surface area contributed by atoms with Crippen LogP contribution in [0.5, 0.6) is 11.5 Å². The van der Waals surface area contributed by atoms with Gasteiger partial charge in [-0.25, -0.2) is 4.79 Å². The number of carbonyl (C=O) groups excluding carboxylic acids is 2. The summed E-state index contributed by atoms with van der Waals surface area (Å²) in [7, 11) is 0. The van der Waals surface area contributed by atoms with Gasteiger partial charge in [0.2, 0.25) is 5.78 Å². The molecule has 1 aliphatic rings. The smallest absolute Gasteiger partial charge is 0.344 e. The Morgan fingerprint density at radius 2 is 1.83 bits per heavy atom. The first kappa shape index (κ1) is 19.6. The van der Waals surface area contributed by atoms with Crippen LogP contribution < -0.4 is 9.47 Å². The molecule has 0 N–H and O–H groups in total. The van der Waals surface area contributed by atoms with E-state index in [0.717, 1.165) is 10.0 Å². The lowest BCUT2D eigenvalue weighted by Gasteiger charge is -2.10. The van der Waals surface area contributed by atoms with Crippen molar-refractivity contribution in [1.82, 2.24) is 0 Å². The van der Waals surface area contributed by atoms with Crippen molar-refractivity contribution in [3.63, 3.8) is 0 Å². The Balaban J connectivity index is 1.63. The zero-order valence-electron chi connectivity index (χ0n) is 15.2. The van der Waals surface area contributed by atoms with E-state index in [1.165, 1.54) is 0 Å². The van der Waals surface area contributed by atoms with Gasteiger partial charge in [-0.3, -0.25) is 4.79 Å². The molecule has 0 aliphatic carbocycles. The van der Waals surface area contributed by atoms with Crippen molar-refractivity contribution in [2.45, 2.75) is 6.92 Å². The molecule has 0 saturated heterocycles. The van der Waals surface area contributed by atoms with Gasteiger partial charge in [0, 0.05) is 14.5 Å². The summed E-state index contributed by atoms with van der Waals surface area (Å²) in [6.07, 6.45) is 1.69. The summed E-state index contributed by atoms with van der Waals surface area (Å²) in [5.74, 6) is 0.298. The van der Waals surface area contributed by atoms with Crippen LogP contribution in [0.15, 0.2) is 75.4 Å². The summed E-state index contributed by atoms with van der Waals surface area (Å²) in [5, 5.41) is 0. The number of Topliss-reactive ketones (excluding diaryl/α,β-unsaturated/α-hetero) is 1. The molecule has 1 aliphatic heterocycles. The number of allylic oxidation sites excluding steroid dienone is 1. The first-order chi connectivity index (χ1) is 13.9. The number of ketones is 1. The van der Waals surface area contributed by atoms with Crippen molar-refractivity contribution in [3.05, 3.63) is 97.6 Å². The van der Waals surface area contributed by atoms with Crippen LogP contribution in [0.1, 0.15) is 31.8 Å². The Kier molecular flexibility index (Phi) is 5.39. The van der Waals surface area contributed by atoms with Crippen molar-refractivity contribution in [1.29, 1.82) is 0 Å². The van der Waals surface area contributed by atoms with Crippen molar-refractivity contribution in [2.24, 2.45) is 0 Å². The first-order valence-corrected chi connectivity index (χ1v) is 10.3. The average Bonchev–Trinajstić information content (AvgIpc) is 3.01. The summed E-state index contributed by atoms with van der Waals surface area (Å²) in [5.41, 5.74) is 2.30. The van der Waals surface area contributed by atoms with Crippen molar-refractivity contribution in [2.75, 3.05) is 0 Å². The van der Waals surface area contributed by atoms with Gasteiger partial charge in [-0.15, -0.1) is 0 Å². The molecule has 0 amide bonds. The fourth-order valence-corrected chi connectivity index (χ4v) is 3.87. The molecule has 0 bridgehead atoms. The molecule has 0 spiro atoms. The van der Waals surface area contributed by atoms with E-state index < -0.39 is 5.97 Å². The SMILES string of the molecule is Cc1c(OC(=O)c2ccccc2Br)ccc2c1O/C(=C\c1cccc(Br)c1)C2=O. The summed E-state index contributed by atoms with van der Waals surface area (Å²) in [6, 6.07) is 17.8. The van der Waals surface area contributed by atoms with Gasteiger partial charge >= 0.3 is 5.97 Å². The molecule has 3 aromatic rings. The van der Waals surface area contributed by atoms with E-state index in [4.69, 9.17) is 9.47 Å². The number of benzene rings is 3. The van der Waals surface area contributed by atoms with Gasteiger partial charge in [-0.05, 0) is 70.9 Å². The Labute approximate surface area is 184 Å². The molecular formula is C23H14Br2O4. The third kappa shape index (κ3) is 3.91. The summed E-state index contributed by atoms with van der Waals surface area (Å²) >= 11 is 6.77. The van der Waals surface area contributed by atoms with Gasteiger partial charge in [-0.2, -0.15) is 0 Å². The molecule has 0 fully saturated rings. The zero-order chi connectivity index (χ0) is 20.5. The molecule has 29 heavy (non-hydrogen) atoms. The van der Waals surface area contributed by atoms with E-state index in [1.807, 2.05) is 30.3 Å². The Hall–Kier alpha value is -2.70. The lowest BCUT2D eigenvalue weighted by atomic mass is 10.1. The summed E-state index contributed by atoms with van der Waals surface area (Å²) in [4.78, 5) is 25.2. The first-order valence-electron chi connectivity index (χ1n) is 8.74. The van der Waals surface area contributed by atoms with Gasteiger partial charge in [0.1, 0.15) is 11.5 Å². The van der Waals surface area contributed by atoms with E-state index in [2.05, 4.69) is 31.9 Å². The van der Waals surface area contributed by atoms with Gasteiger partial charge in [0.15, 0.2) is 5.76 Å². The lowest BCUT2D eigenvalue weighted by Crippen LogP contribution is -2.10. The summed E-state index contributed by atoms with van der Waals surface area (Å²) < 4.78 is 13.0. The maximum atomic E-state index is 12.7. The van der Waals surface area contributed by atoms with E-state index in [1.54, 1.807) is 43.3 Å². The van der Waals surface area contributed by atoms with Gasteiger partial charge < -0.3 is 9.47 Å². The second-order valence-corrected chi connectivity index (χ2v) is 8.20. The maximum absolute atomic E-state index is 12.7. The molecule has 0 radical (unpaired) electrons. The van der Waals surface area contributed by atoms with Crippen LogP contribution in [-0.4, -0.2) is 11.8 Å². The topological polar surface area (TPSA) is 52.6 Å². The molecule has 3 aromatic carbocycles. The number of halogens is 2. The molecule has 144 valence electrons. The van der Waals surface area contributed by atoms with Gasteiger partial charge in [0.05, 0.1) is 11.1 Å². The minimum absolute atomic E-state index is 0.202. The van der Waals surface area contributed by atoms with Gasteiger partial charge in [0.25, 0.3) is 0 Å². The third-order valence-electron chi connectivity index (χ3n) is 4.48. The number of ether oxygens (including phenoxy) is 2. The molecule has 0 atom stereocenters. The zero-order valence-corrected chi connectivity index (χ0v) is 18.4. The number of hydrogen-bond acceptors (Lipinski definition) is 4. The predicted octanol–water partition coefficient (Wildman–Crippen LogP) is 6.36. The highest BCUT2D eigenvalue weighted by atomic mass is 79.9. The fourth-order valence-electron chi connectivity index (χ4n) is 3.01. The van der Waals surface area contributed by atoms with Crippen LogP contribution >= 0.6 is 31.9 Å². The second kappa shape index (κ2) is 7.97. The van der Waals surface area contributed by atoms with Crippen LogP contribution in [0, 0.1) is 6.92 Å². The molecule has 0 saturated carbocycles. The second-order valence-electron chi connectivity index (χ2n) is 6.43. The maximum Gasteiger partial charge on any atom is 0.344 e. The van der Waals surface area contributed by atoms with Crippen LogP contribution in [0.4, 0.5) is 0 Å². The molecular weight excluding hydrogens is 500 g/mol. The van der Waals surface area contributed by atoms with Crippen molar-refractivity contribution in [3.8, 4) is 11.5 Å². The summed E-state index contributed by atoms with van der Waals surface area (Å²) in [6.45, 7) is 1.76. The Bertz CT molecular complexity index is 1180. The molecule has 4 rings (SSSR count). The van der Waals surface area contributed by atoms with Crippen LogP contribution in [0.25, 0.3) is 6.08 Å². The lowest BCUT2D eigenvalue weighted by molar-refractivity contribution is 0.0732. The van der Waals surface area contributed by atoms with Crippen molar-refractivity contribution >= 4 is 49.7 Å². The van der Waals surface area contributed by atoms with E-state index >= 15 is 0 Å². The number of hydrogen-bond donors (Lipinski definition) is 0. The highest BCUT2D eigenvalue weighted by Crippen LogP contribution is 2.39. The van der Waals surface area contributed by atoms with Crippen LogP contribution in [-0.2, 0) is 0 Å². The van der Waals surface area contributed by atoms with Crippen LogP contribution in [0.2, 0.25) is 0 Å². The van der Waals surface area contributed by atoms with E-state index in [-0.39, 0.29) is 11.5 Å². The fraction of sp³-hybridized carbons (Fsp3) is 0.0435. The Morgan fingerprint density at radius 1 is 1.03 bits per heavy atom. The minimum Gasteiger partial charge on any atom is -0.452 e. The highest BCUT2D eigenvalue weighted by Gasteiger charge is 2.30. The van der Waals surface area contributed by atoms with Gasteiger partial charge in [-0.1, -0.05) is 40.2 Å². The van der Waals surface area contributed by atoms with E-state index in [9.17, 15) is 9.59 Å². The monoisotopic (exact) mass is 512 g/mol. The Morgan fingerprint density at radius 3 is 2.59 bits per heavy atom. The van der Waals surface area contributed by atoms with Crippen molar-refractivity contribution < 1.29 is 19.1 Å². The predicted molar refractivity (Wildman–Crippen MR) is 117 cm³/mol. The van der Waals surface area contributed by atoms with E-state index in [0.29, 0.717) is 32.7 Å². The molecule has 0 aromatic heterocycles. The standard InChI is InChI=1S/C23H14Br2O4/c1-13-19(29-23(27)16-7-2-3-8-18(16)25)10-9-17-21(26)20(28-22(13)17)12-14-5-4-6-15(24)11-14/h2-12H,1H3/b20-12-. The number of fused-ring (bicyclic) bond motifs is 1. The molecule has 6 heteroatoms. The van der Waals surface area contributed by atoms with Crippen LogP contribution in [0.3, 0.4) is 0 Å². The number of esters is 1. The average molecular weight is 514 g/mol. The largest absolute Gasteiger partial charge is 0.452 e.